The van der Waals surface area contributed by atoms with Gasteiger partial charge in [-0.25, -0.2) is 9.67 Å². The Bertz CT molecular complexity index is 975. The molecule has 2 aromatic carbocycles. The fourth-order valence-corrected chi connectivity index (χ4v) is 3.23. The molecule has 0 bridgehead atoms. The highest BCUT2D eigenvalue weighted by Gasteiger charge is 2.06. The number of nitrogens with one attached hydrogen (secondary N) is 2. The van der Waals surface area contributed by atoms with Crippen LogP contribution in [0.4, 0.5) is 0 Å². The van der Waals surface area contributed by atoms with E-state index in [1.165, 1.54) is 5.56 Å². The largest absolute Gasteiger partial charge is 0.491 e. The molecule has 7 nitrogen and oxygen atoms in total. The number of guanidine groups is 1. The number of rotatable bonds is 11. The van der Waals surface area contributed by atoms with E-state index >= 15 is 0 Å². The van der Waals surface area contributed by atoms with Gasteiger partial charge in [-0.1, -0.05) is 24.3 Å². The molecule has 0 unspecified atom stereocenters. The maximum Gasteiger partial charge on any atom is 0.191 e. The van der Waals surface area contributed by atoms with Crippen LogP contribution in [0.25, 0.3) is 5.69 Å². The van der Waals surface area contributed by atoms with Gasteiger partial charge in [0.1, 0.15) is 12.4 Å². The molecule has 0 spiro atoms. The van der Waals surface area contributed by atoms with E-state index in [1.54, 1.807) is 13.3 Å². The molecular formula is C25H34IN5O2. The minimum absolute atomic E-state index is 0. The van der Waals surface area contributed by atoms with Gasteiger partial charge in [0.15, 0.2) is 5.96 Å². The summed E-state index contributed by atoms with van der Waals surface area (Å²) in [7, 11) is 1.67. The van der Waals surface area contributed by atoms with Crippen LogP contribution in [-0.4, -0.2) is 49.2 Å². The van der Waals surface area contributed by atoms with Crippen LogP contribution in [0.5, 0.6) is 5.75 Å². The quantitative estimate of drug-likeness (QED) is 0.159. The predicted octanol–water partition coefficient (Wildman–Crippen LogP) is 4.12. The van der Waals surface area contributed by atoms with Crippen molar-refractivity contribution in [2.24, 2.45) is 4.99 Å². The number of hydrogen-bond donors (Lipinski definition) is 2. The molecule has 0 amide bonds. The Balaban J connectivity index is 0.00000385. The third-order valence-corrected chi connectivity index (χ3v) is 4.93. The van der Waals surface area contributed by atoms with Gasteiger partial charge in [0.25, 0.3) is 0 Å². The van der Waals surface area contributed by atoms with E-state index in [0.717, 1.165) is 48.0 Å². The molecule has 0 radical (unpaired) electrons. The van der Waals surface area contributed by atoms with Crippen LogP contribution in [0.1, 0.15) is 23.6 Å². The van der Waals surface area contributed by atoms with Crippen molar-refractivity contribution in [1.29, 1.82) is 0 Å². The molecule has 2 N–H and O–H groups in total. The Kier molecular flexibility index (Phi) is 11.7. The van der Waals surface area contributed by atoms with Crippen molar-refractivity contribution in [3.63, 3.8) is 0 Å². The van der Waals surface area contributed by atoms with Gasteiger partial charge >= 0.3 is 0 Å². The molecule has 0 atom stereocenters. The topological polar surface area (TPSA) is 72.7 Å². The Hall–Kier alpha value is -2.59. The summed E-state index contributed by atoms with van der Waals surface area (Å²) in [5.74, 6) is 1.66. The van der Waals surface area contributed by atoms with Crippen molar-refractivity contribution in [2.75, 3.05) is 33.4 Å². The SMILES string of the molecule is CCNC(=NCc1ccc(C)cc1OCCOC)NCCc1ccc(-n2cccn2)cc1.I. The smallest absolute Gasteiger partial charge is 0.191 e. The van der Waals surface area contributed by atoms with Crippen LogP contribution in [0.3, 0.4) is 0 Å². The van der Waals surface area contributed by atoms with E-state index in [0.29, 0.717) is 19.8 Å². The zero-order valence-corrected chi connectivity index (χ0v) is 21.9. The van der Waals surface area contributed by atoms with Gasteiger partial charge in [-0.15, -0.1) is 24.0 Å². The number of ether oxygens (including phenoxy) is 2. The van der Waals surface area contributed by atoms with Gasteiger partial charge in [-0.3, -0.25) is 0 Å². The second-order valence-corrected chi connectivity index (χ2v) is 7.44. The molecule has 3 rings (SSSR count). The monoisotopic (exact) mass is 563 g/mol. The average Bonchev–Trinajstić information content (AvgIpc) is 3.34. The lowest BCUT2D eigenvalue weighted by atomic mass is 10.1. The summed E-state index contributed by atoms with van der Waals surface area (Å²) in [4.78, 5) is 4.75. The molecular weight excluding hydrogens is 529 g/mol. The molecule has 0 saturated carbocycles. The summed E-state index contributed by atoms with van der Waals surface area (Å²) in [5.41, 5.74) is 4.53. The van der Waals surface area contributed by atoms with Crippen LogP contribution in [0.15, 0.2) is 65.9 Å². The molecule has 1 heterocycles. The van der Waals surface area contributed by atoms with Gasteiger partial charge < -0.3 is 20.1 Å². The fraction of sp³-hybridized carbons (Fsp3) is 0.360. The van der Waals surface area contributed by atoms with Crippen molar-refractivity contribution >= 4 is 29.9 Å². The number of hydrogen-bond acceptors (Lipinski definition) is 4. The Morgan fingerprint density at radius 3 is 2.61 bits per heavy atom. The van der Waals surface area contributed by atoms with Gasteiger partial charge in [0.05, 0.1) is 18.8 Å². The first-order valence-electron chi connectivity index (χ1n) is 11.0. The first-order valence-corrected chi connectivity index (χ1v) is 11.0. The summed E-state index contributed by atoms with van der Waals surface area (Å²) < 4.78 is 12.8. The van der Waals surface area contributed by atoms with Crippen molar-refractivity contribution in [3.8, 4) is 11.4 Å². The maximum atomic E-state index is 5.88. The van der Waals surface area contributed by atoms with Crippen molar-refractivity contribution in [3.05, 3.63) is 77.6 Å². The number of benzene rings is 2. The molecule has 1 aromatic heterocycles. The number of halogens is 1. The van der Waals surface area contributed by atoms with E-state index in [9.17, 15) is 0 Å². The number of methoxy groups -OCH3 is 1. The molecule has 0 fully saturated rings. The lowest BCUT2D eigenvalue weighted by molar-refractivity contribution is 0.145. The molecule has 0 aliphatic carbocycles. The Morgan fingerprint density at radius 1 is 1.09 bits per heavy atom. The molecule has 178 valence electrons. The third kappa shape index (κ3) is 8.70. The van der Waals surface area contributed by atoms with Gasteiger partial charge in [-0.2, -0.15) is 5.10 Å². The van der Waals surface area contributed by atoms with Crippen molar-refractivity contribution in [2.45, 2.75) is 26.8 Å². The number of nitrogens with zero attached hydrogens (tertiary/aromatic N) is 3. The third-order valence-electron chi connectivity index (χ3n) is 4.93. The first-order chi connectivity index (χ1) is 15.7. The van der Waals surface area contributed by atoms with Crippen LogP contribution in [0, 0.1) is 6.92 Å². The normalized spacial score (nSPS) is 11.1. The Labute approximate surface area is 213 Å². The lowest BCUT2D eigenvalue weighted by Crippen LogP contribution is -2.38. The number of aryl methyl sites for hydroxylation is 1. The van der Waals surface area contributed by atoms with E-state index in [-0.39, 0.29) is 24.0 Å². The van der Waals surface area contributed by atoms with Crippen LogP contribution in [0.2, 0.25) is 0 Å². The van der Waals surface area contributed by atoms with Crippen LogP contribution < -0.4 is 15.4 Å². The average molecular weight is 563 g/mol. The minimum atomic E-state index is 0. The second kappa shape index (κ2) is 14.5. The Morgan fingerprint density at radius 2 is 1.91 bits per heavy atom. The zero-order chi connectivity index (χ0) is 22.6. The van der Waals surface area contributed by atoms with Crippen LogP contribution >= 0.6 is 24.0 Å². The fourth-order valence-electron chi connectivity index (χ4n) is 3.23. The summed E-state index contributed by atoms with van der Waals surface area (Å²) in [5, 5.41) is 11.0. The highest BCUT2D eigenvalue weighted by molar-refractivity contribution is 14.0. The summed E-state index contributed by atoms with van der Waals surface area (Å²) in [6.45, 7) is 7.34. The highest BCUT2D eigenvalue weighted by Crippen LogP contribution is 2.21. The second-order valence-electron chi connectivity index (χ2n) is 7.44. The standard InChI is InChI=1S/C25H33N5O2.HI/c1-4-26-25(28-19-22-9-6-20(2)18-24(22)32-17-16-31-3)27-14-12-21-7-10-23(11-8-21)30-15-5-13-29-30;/h5-11,13,15,18H,4,12,14,16-17,19H2,1-3H3,(H2,26,27,28);1H. The zero-order valence-electron chi connectivity index (χ0n) is 19.6. The number of aliphatic imine (C=N–C) groups is 1. The summed E-state index contributed by atoms with van der Waals surface area (Å²) >= 11 is 0. The van der Waals surface area contributed by atoms with E-state index in [2.05, 4.69) is 66.0 Å². The van der Waals surface area contributed by atoms with E-state index in [1.807, 2.05) is 23.0 Å². The van der Waals surface area contributed by atoms with Crippen LogP contribution in [-0.2, 0) is 17.7 Å². The van der Waals surface area contributed by atoms with Gasteiger partial charge in [0.2, 0.25) is 0 Å². The highest BCUT2D eigenvalue weighted by atomic mass is 127. The minimum Gasteiger partial charge on any atom is -0.491 e. The molecule has 0 aliphatic rings. The molecule has 0 aliphatic heterocycles. The lowest BCUT2D eigenvalue weighted by Gasteiger charge is -2.14. The molecule has 33 heavy (non-hydrogen) atoms. The maximum absolute atomic E-state index is 5.88. The molecule has 3 aromatic rings. The first kappa shape index (κ1) is 26.7. The summed E-state index contributed by atoms with van der Waals surface area (Å²) in [6, 6.07) is 16.6. The summed E-state index contributed by atoms with van der Waals surface area (Å²) in [6.07, 6.45) is 4.63. The predicted molar refractivity (Wildman–Crippen MR) is 144 cm³/mol. The van der Waals surface area contributed by atoms with Gasteiger partial charge in [-0.05, 0) is 55.7 Å². The van der Waals surface area contributed by atoms with E-state index < -0.39 is 0 Å². The van der Waals surface area contributed by atoms with Gasteiger partial charge in [0, 0.05) is 38.2 Å². The number of aromatic nitrogens is 2. The van der Waals surface area contributed by atoms with Crippen molar-refractivity contribution < 1.29 is 9.47 Å². The molecule has 8 heteroatoms. The molecule has 0 saturated heterocycles. The van der Waals surface area contributed by atoms with E-state index in [4.69, 9.17) is 14.5 Å². The van der Waals surface area contributed by atoms with Crippen molar-refractivity contribution in [1.82, 2.24) is 20.4 Å².